The number of hydrogen-bond acceptors (Lipinski definition) is 5. The summed E-state index contributed by atoms with van der Waals surface area (Å²) in [6, 6.07) is 4.33. The van der Waals surface area contributed by atoms with Crippen molar-refractivity contribution in [3.63, 3.8) is 0 Å². The molecule has 0 saturated heterocycles. The number of amides is 1. The fraction of sp³-hybridized carbons (Fsp3) is 0.556. The molecule has 1 amide bonds. The molecule has 0 aromatic heterocycles. The molecule has 148 valence electrons. The number of benzene rings is 1. The lowest BCUT2D eigenvalue weighted by Gasteiger charge is -2.35. The molecule has 1 aliphatic carbocycles. The zero-order chi connectivity index (χ0) is 20.0. The fourth-order valence-electron chi connectivity index (χ4n) is 3.25. The highest BCUT2D eigenvalue weighted by Crippen LogP contribution is 2.29. The highest BCUT2D eigenvalue weighted by molar-refractivity contribution is 7.80. The van der Waals surface area contributed by atoms with Gasteiger partial charge in [0.2, 0.25) is 0 Å². The average molecular weight is 394 g/mol. The lowest BCUT2D eigenvalue weighted by Crippen LogP contribution is -2.52. The van der Waals surface area contributed by atoms with Crippen molar-refractivity contribution >= 4 is 28.9 Å². The maximum atomic E-state index is 12.3. The standard InChI is InChI=1S/C18H26N4O4S/c1-4-26-16-9-8-13(10-15(16)22(24)25)17(23)20-21-18(27)19-14-7-5-6-11(2)12(14)3/h8-12,14H,4-7H2,1-3H3,(H,20,23)(H2,19,21,27)/t11-,12-,14+/m0/s1. The Morgan fingerprint density at radius 3 is 2.74 bits per heavy atom. The van der Waals surface area contributed by atoms with Gasteiger partial charge >= 0.3 is 5.69 Å². The number of nitro groups is 1. The largest absolute Gasteiger partial charge is 0.487 e. The van der Waals surface area contributed by atoms with E-state index in [2.05, 4.69) is 30.0 Å². The van der Waals surface area contributed by atoms with E-state index in [1.54, 1.807) is 6.92 Å². The van der Waals surface area contributed by atoms with E-state index in [-0.39, 0.29) is 23.0 Å². The lowest BCUT2D eigenvalue weighted by atomic mass is 9.78. The van der Waals surface area contributed by atoms with Crippen LogP contribution in [-0.4, -0.2) is 28.6 Å². The molecule has 0 unspecified atom stereocenters. The van der Waals surface area contributed by atoms with Crippen LogP contribution in [0.25, 0.3) is 0 Å². The molecule has 0 aliphatic heterocycles. The van der Waals surface area contributed by atoms with Crippen LogP contribution < -0.4 is 20.9 Å². The second-order valence-corrected chi connectivity index (χ2v) is 7.21. The molecule has 3 atom stereocenters. The zero-order valence-electron chi connectivity index (χ0n) is 15.8. The number of nitro benzene ring substituents is 1. The first-order valence-corrected chi connectivity index (χ1v) is 9.52. The minimum Gasteiger partial charge on any atom is -0.487 e. The van der Waals surface area contributed by atoms with Crippen molar-refractivity contribution in [1.29, 1.82) is 0 Å². The van der Waals surface area contributed by atoms with Crippen molar-refractivity contribution in [2.24, 2.45) is 11.8 Å². The summed E-state index contributed by atoms with van der Waals surface area (Å²) < 4.78 is 5.21. The van der Waals surface area contributed by atoms with Crippen molar-refractivity contribution in [3.8, 4) is 5.75 Å². The maximum absolute atomic E-state index is 12.3. The first-order valence-electron chi connectivity index (χ1n) is 9.11. The lowest BCUT2D eigenvalue weighted by molar-refractivity contribution is -0.385. The molecule has 1 aromatic rings. The molecule has 1 aliphatic rings. The van der Waals surface area contributed by atoms with Gasteiger partial charge in [0, 0.05) is 17.7 Å². The van der Waals surface area contributed by atoms with Crippen molar-refractivity contribution in [2.75, 3.05) is 6.61 Å². The number of carbonyl (C=O) groups excluding carboxylic acids is 1. The van der Waals surface area contributed by atoms with E-state index < -0.39 is 10.8 Å². The second-order valence-electron chi connectivity index (χ2n) is 6.80. The van der Waals surface area contributed by atoms with Gasteiger partial charge in [0.15, 0.2) is 10.9 Å². The third kappa shape index (κ3) is 5.53. The summed E-state index contributed by atoms with van der Waals surface area (Å²) in [5.74, 6) is 0.723. The van der Waals surface area contributed by atoms with Gasteiger partial charge in [-0.3, -0.25) is 25.8 Å². The summed E-state index contributed by atoms with van der Waals surface area (Å²) in [6.45, 7) is 6.46. The van der Waals surface area contributed by atoms with E-state index in [0.29, 0.717) is 23.6 Å². The predicted molar refractivity (Wildman–Crippen MR) is 107 cm³/mol. The minimum atomic E-state index is -0.576. The first-order chi connectivity index (χ1) is 12.8. The van der Waals surface area contributed by atoms with Gasteiger partial charge in [-0.1, -0.05) is 26.7 Å². The van der Waals surface area contributed by atoms with Crippen LogP contribution in [0.5, 0.6) is 5.75 Å². The van der Waals surface area contributed by atoms with Gasteiger partial charge in [0.25, 0.3) is 5.91 Å². The smallest absolute Gasteiger partial charge is 0.311 e. The van der Waals surface area contributed by atoms with Crippen LogP contribution in [0.4, 0.5) is 5.69 Å². The molecule has 1 saturated carbocycles. The number of carbonyl (C=O) groups is 1. The monoisotopic (exact) mass is 394 g/mol. The number of hydrogen-bond donors (Lipinski definition) is 3. The van der Waals surface area contributed by atoms with E-state index in [4.69, 9.17) is 17.0 Å². The third-order valence-electron chi connectivity index (χ3n) is 5.03. The topological polar surface area (TPSA) is 106 Å². The Kier molecular flexibility index (Phi) is 7.35. The molecule has 8 nitrogen and oxygen atoms in total. The Balaban J connectivity index is 1.94. The highest BCUT2D eigenvalue weighted by atomic mass is 32.1. The number of rotatable bonds is 5. The van der Waals surface area contributed by atoms with Gasteiger partial charge in [-0.15, -0.1) is 0 Å². The van der Waals surface area contributed by atoms with Gasteiger partial charge in [-0.25, -0.2) is 0 Å². The summed E-state index contributed by atoms with van der Waals surface area (Å²) in [6.07, 6.45) is 3.40. The zero-order valence-corrected chi connectivity index (χ0v) is 16.6. The molecule has 0 bridgehead atoms. The quantitative estimate of drug-likeness (QED) is 0.400. The normalized spacial score (nSPS) is 21.8. The summed E-state index contributed by atoms with van der Waals surface area (Å²) in [7, 11) is 0. The van der Waals surface area contributed by atoms with Crippen molar-refractivity contribution in [3.05, 3.63) is 33.9 Å². The highest BCUT2D eigenvalue weighted by Gasteiger charge is 2.27. The van der Waals surface area contributed by atoms with Gasteiger partial charge < -0.3 is 10.1 Å². The molecule has 0 radical (unpaired) electrons. The molecule has 2 rings (SSSR count). The molecule has 27 heavy (non-hydrogen) atoms. The summed E-state index contributed by atoms with van der Waals surface area (Å²) >= 11 is 5.25. The Morgan fingerprint density at radius 2 is 2.07 bits per heavy atom. The van der Waals surface area contributed by atoms with Gasteiger partial charge in [0.1, 0.15) is 0 Å². The van der Waals surface area contributed by atoms with Crippen molar-refractivity contribution < 1.29 is 14.5 Å². The van der Waals surface area contributed by atoms with Crippen LogP contribution in [-0.2, 0) is 0 Å². The summed E-state index contributed by atoms with van der Waals surface area (Å²) in [5, 5.41) is 14.7. The van der Waals surface area contributed by atoms with Crippen molar-refractivity contribution in [1.82, 2.24) is 16.2 Å². The van der Waals surface area contributed by atoms with E-state index in [0.717, 1.165) is 12.8 Å². The SMILES string of the molecule is CCOc1ccc(C(=O)NNC(=S)N[C@@H]2CCC[C@H](C)[C@@H]2C)cc1[N+](=O)[O-]. The Labute approximate surface area is 164 Å². The molecular formula is C18H26N4O4S. The van der Waals surface area contributed by atoms with Gasteiger partial charge in [0.05, 0.1) is 11.5 Å². The number of hydrazine groups is 1. The average Bonchev–Trinajstić information content (AvgIpc) is 2.64. The Hall–Kier alpha value is -2.42. The number of thiocarbonyl (C=S) groups is 1. The molecule has 0 spiro atoms. The van der Waals surface area contributed by atoms with E-state index in [9.17, 15) is 14.9 Å². The summed E-state index contributed by atoms with van der Waals surface area (Å²) in [5.41, 5.74) is 5.03. The molecule has 3 N–H and O–H groups in total. The van der Waals surface area contributed by atoms with Crippen LogP contribution >= 0.6 is 12.2 Å². The van der Waals surface area contributed by atoms with E-state index >= 15 is 0 Å². The van der Waals surface area contributed by atoms with Crippen LogP contribution in [0.15, 0.2) is 18.2 Å². The van der Waals surface area contributed by atoms with Gasteiger partial charge in [-0.2, -0.15) is 0 Å². The number of ether oxygens (including phenoxy) is 1. The Morgan fingerprint density at radius 1 is 1.33 bits per heavy atom. The molecule has 9 heteroatoms. The number of nitrogens with zero attached hydrogens (tertiary/aromatic N) is 1. The third-order valence-corrected chi connectivity index (χ3v) is 5.25. The first kappa shape index (κ1) is 20.9. The van der Waals surface area contributed by atoms with Gasteiger partial charge in [-0.05, 0) is 49.5 Å². The molecule has 1 aromatic carbocycles. The van der Waals surface area contributed by atoms with Crippen LogP contribution in [0, 0.1) is 22.0 Å². The fourth-order valence-corrected chi connectivity index (χ4v) is 3.46. The van der Waals surface area contributed by atoms with E-state index in [1.165, 1.54) is 24.6 Å². The van der Waals surface area contributed by atoms with E-state index in [1.807, 2.05) is 0 Å². The second kappa shape index (κ2) is 9.50. The maximum Gasteiger partial charge on any atom is 0.311 e. The summed E-state index contributed by atoms with van der Waals surface area (Å²) in [4.78, 5) is 22.9. The molecular weight excluding hydrogens is 368 g/mol. The van der Waals surface area contributed by atoms with Crippen molar-refractivity contribution in [2.45, 2.75) is 46.1 Å². The molecule has 1 fully saturated rings. The van der Waals surface area contributed by atoms with Crippen LogP contribution in [0.3, 0.4) is 0 Å². The van der Waals surface area contributed by atoms with Crippen LogP contribution in [0.2, 0.25) is 0 Å². The minimum absolute atomic E-state index is 0.129. The predicted octanol–water partition coefficient (Wildman–Crippen LogP) is 2.93. The van der Waals surface area contributed by atoms with Crippen LogP contribution in [0.1, 0.15) is 50.4 Å². The molecule has 0 heterocycles. The number of nitrogens with one attached hydrogen (secondary N) is 3. The Bertz CT molecular complexity index is 713.